The zero-order valence-corrected chi connectivity index (χ0v) is 9.56. The molecule has 2 heterocycles. The average Bonchev–Trinajstić information content (AvgIpc) is 2.65. The van der Waals surface area contributed by atoms with E-state index in [9.17, 15) is 14.0 Å². The molecule has 2 fully saturated rings. The zero-order chi connectivity index (χ0) is 12.6. The van der Waals surface area contributed by atoms with E-state index in [0.717, 1.165) is 0 Å². The van der Waals surface area contributed by atoms with Crippen LogP contribution in [-0.4, -0.2) is 59.0 Å². The van der Waals surface area contributed by atoms with Crippen molar-refractivity contribution in [2.24, 2.45) is 0 Å². The van der Waals surface area contributed by atoms with E-state index < -0.39 is 42.4 Å². The van der Waals surface area contributed by atoms with Crippen LogP contribution in [0.5, 0.6) is 0 Å². The number of amides is 3. The molecule has 0 radical (unpaired) electrons. The number of hydrogen-bond acceptors (Lipinski definition) is 4. The van der Waals surface area contributed by atoms with Crippen LogP contribution in [0.2, 0.25) is 0 Å². The van der Waals surface area contributed by atoms with Gasteiger partial charge in [-0.2, -0.15) is 0 Å². The molecule has 0 bridgehead atoms. The van der Waals surface area contributed by atoms with Gasteiger partial charge in [0.25, 0.3) is 0 Å². The molecule has 2 N–H and O–H groups in total. The van der Waals surface area contributed by atoms with Crippen LogP contribution in [-0.2, 0) is 9.53 Å². The van der Waals surface area contributed by atoms with Crippen molar-refractivity contribution in [2.45, 2.75) is 30.3 Å². The van der Waals surface area contributed by atoms with Crippen LogP contribution in [0.3, 0.4) is 0 Å². The number of rotatable bonds is 2. The van der Waals surface area contributed by atoms with Crippen molar-refractivity contribution < 1.29 is 23.8 Å². The summed E-state index contributed by atoms with van der Waals surface area (Å²) in [5.74, 6) is -0.568. The van der Waals surface area contributed by atoms with Crippen molar-refractivity contribution in [2.75, 3.05) is 13.2 Å². The molecule has 0 spiro atoms. The van der Waals surface area contributed by atoms with Crippen molar-refractivity contribution in [1.82, 2.24) is 10.2 Å². The highest BCUT2D eigenvalue weighted by Crippen LogP contribution is 2.27. The topological polar surface area (TPSA) is 78.9 Å². The fourth-order valence-corrected chi connectivity index (χ4v) is 2.09. The molecule has 3 amide bonds. The molecule has 0 aromatic heterocycles. The molecule has 4 atom stereocenters. The third kappa shape index (κ3) is 2.36. The Hall–Kier alpha value is -0.920. The van der Waals surface area contributed by atoms with E-state index in [1.807, 2.05) is 0 Å². The Balaban J connectivity index is 2.03. The van der Waals surface area contributed by atoms with Crippen LogP contribution >= 0.6 is 11.6 Å². The Kier molecular flexibility index (Phi) is 3.50. The van der Waals surface area contributed by atoms with Gasteiger partial charge in [0.15, 0.2) is 0 Å². The first kappa shape index (κ1) is 12.5. The van der Waals surface area contributed by atoms with Crippen molar-refractivity contribution in [3.05, 3.63) is 0 Å². The summed E-state index contributed by atoms with van der Waals surface area (Å²) in [6.45, 7) is -0.474. The Bertz CT molecular complexity index is 343. The van der Waals surface area contributed by atoms with Gasteiger partial charge in [-0.25, -0.2) is 9.18 Å². The molecule has 6 nitrogen and oxygen atoms in total. The molecule has 4 unspecified atom stereocenters. The number of aliphatic hydroxyl groups excluding tert-OH is 1. The van der Waals surface area contributed by atoms with E-state index >= 15 is 0 Å². The molecule has 0 aliphatic carbocycles. The third-order valence-corrected chi connectivity index (χ3v) is 3.16. The number of urea groups is 1. The molecule has 2 aliphatic heterocycles. The fraction of sp³-hybridized carbons (Fsp3) is 0.778. The highest BCUT2D eigenvalue weighted by Gasteiger charge is 2.43. The van der Waals surface area contributed by atoms with Crippen LogP contribution < -0.4 is 5.32 Å². The molecule has 17 heavy (non-hydrogen) atoms. The highest BCUT2D eigenvalue weighted by atomic mass is 35.5. The molecule has 96 valence electrons. The number of alkyl halides is 2. The minimum Gasteiger partial charge on any atom is -0.394 e. The summed E-state index contributed by atoms with van der Waals surface area (Å²) in [5, 5.41) is 10.0. The number of carbonyl (C=O) groups is 2. The van der Waals surface area contributed by atoms with Gasteiger partial charge in [-0.15, -0.1) is 11.6 Å². The first-order valence-electron chi connectivity index (χ1n) is 5.19. The standard InChI is InChI=1S/C9H12ClFN2O4/c10-4-2-13(9(16)12-8(4)15)7-1-5(11)6(3-14)17-7/h4-7,14H,1-3H2,(H,12,15,16). The van der Waals surface area contributed by atoms with E-state index in [2.05, 4.69) is 5.32 Å². The first-order valence-corrected chi connectivity index (χ1v) is 5.62. The van der Waals surface area contributed by atoms with Gasteiger partial charge in [0, 0.05) is 6.42 Å². The number of nitrogens with zero attached hydrogens (tertiary/aromatic N) is 1. The number of ether oxygens (including phenoxy) is 1. The number of hydrogen-bond donors (Lipinski definition) is 2. The van der Waals surface area contributed by atoms with Gasteiger partial charge in [-0.1, -0.05) is 0 Å². The number of nitrogens with one attached hydrogen (secondary N) is 1. The van der Waals surface area contributed by atoms with Gasteiger partial charge in [0.2, 0.25) is 5.91 Å². The van der Waals surface area contributed by atoms with Crippen molar-refractivity contribution in [3.8, 4) is 0 Å². The van der Waals surface area contributed by atoms with Gasteiger partial charge in [0.1, 0.15) is 23.9 Å². The summed E-state index contributed by atoms with van der Waals surface area (Å²) in [4.78, 5) is 23.8. The molecule has 0 aromatic rings. The Labute approximate surface area is 102 Å². The summed E-state index contributed by atoms with van der Waals surface area (Å²) in [7, 11) is 0. The molecule has 0 saturated carbocycles. The maximum absolute atomic E-state index is 13.4. The summed E-state index contributed by atoms with van der Waals surface area (Å²) in [6, 6.07) is -0.650. The molecule has 2 saturated heterocycles. The number of carbonyl (C=O) groups excluding carboxylic acids is 2. The van der Waals surface area contributed by atoms with Gasteiger partial charge >= 0.3 is 6.03 Å². The lowest BCUT2D eigenvalue weighted by molar-refractivity contribution is -0.123. The van der Waals surface area contributed by atoms with E-state index in [1.165, 1.54) is 4.90 Å². The van der Waals surface area contributed by atoms with E-state index in [0.29, 0.717) is 0 Å². The number of halogens is 2. The predicted octanol–water partition coefficient (Wildman–Crippen LogP) is -0.409. The van der Waals surface area contributed by atoms with Crippen LogP contribution in [0.25, 0.3) is 0 Å². The maximum Gasteiger partial charge on any atom is 0.326 e. The van der Waals surface area contributed by atoms with Crippen LogP contribution in [0.15, 0.2) is 0 Å². The summed E-state index contributed by atoms with van der Waals surface area (Å²) >= 11 is 5.71. The lowest BCUT2D eigenvalue weighted by atomic mass is 10.2. The minimum atomic E-state index is -1.33. The van der Waals surface area contributed by atoms with Gasteiger partial charge in [-0.05, 0) is 0 Å². The molecule has 0 aromatic carbocycles. The lowest BCUT2D eigenvalue weighted by Crippen LogP contribution is -2.58. The Morgan fingerprint density at radius 1 is 1.59 bits per heavy atom. The molecule has 8 heteroatoms. The largest absolute Gasteiger partial charge is 0.394 e. The number of aliphatic hydroxyl groups is 1. The zero-order valence-electron chi connectivity index (χ0n) is 8.81. The Morgan fingerprint density at radius 2 is 2.29 bits per heavy atom. The van der Waals surface area contributed by atoms with Crippen LogP contribution in [0.1, 0.15) is 6.42 Å². The summed E-state index contributed by atoms with van der Waals surface area (Å²) in [6.07, 6.45) is -3.09. The van der Waals surface area contributed by atoms with Crippen molar-refractivity contribution in [1.29, 1.82) is 0 Å². The van der Waals surface area contributed by atoms with Gasteiger partial charge in [0.05, 0.1) is 13.2 Å². The van der Waals surface area contributed by atoms with E-state index in [4.69, 9.17) is 21.4 Å². The summed E-state index contributed by atoms with van der Waals surface area (Å²) in [5.41, 5.74) is 0. The average molecular weight is 267 g/mol. The Morgan fingerprint density at radius 3 is 2.88 bits per heavy atom. The molecular weight excluding hydrogens is 255 g/mol. The lowest BCUT2D eigenvalue weighted by Gasteiger charge is -2.33. The van der Waals surface area contributed by atoms with Gasteiger partial charge in [-0.3, -0.25) is 15.0 Å². The fourth-order valence-electron chi connectivity index (χ4n) is 1.89. The SMILES string of the molecule is O=C1NC(=O)N(C2CC(F)C(CO)O2)CC1Cl. The second-order valence-electron chi connectivity index (χ2n) is 3.98. The molecule has 2 aliphatic rings. The second kappa shape index (κ2) is 4.75. The predicted molar refractivity (Wildman–Crippen MR) is 55.1 cm³/mol. The molecular formula is C9H12ClFN2O4. The van der Waals surface area contributed by atoms with Crippen LogP contribution in [0.4, 0.5) is 9.18 Å². The molecule has 2 rings (SSSR count). The maximum atomic E-state index is 13.4. The monoisotopic (exact) mass is 266 g/mol. The number of imide groups is 1. The quantitative estimate of drug-likeness (QED) is 0.666. The van der Waals surface area contributed by atoms with Crippen molar-refractivity contribution in [3.63, 3.8) is 0 Å². The van der Waals surface area contributed by atoms with E-state index in [-0.39, 0.29) is 13.0 Å². The van der Waals surface area contributed by atoms with Crippen LogP contribution in [0, 0.1) is 0 Å². The normalized spacial score (nSPS) is 38.4. The summed E-state index contributed by atoms with van der Waals surface area (Å²) < 4.78 is 18.5. The van der Waals surface area contributed by atoms with Gasteiger partial charge < -0.3 is 9.84 Å². The first-order chi connectivity index (χ1) is 8.02. The van der Waals surface area contributed by atoms with E-state index in [1.54, 1.807) is 0 Å². The second-order valence-corrected chi connectivity index (χ2v) is 4.50. The van der Waals surface area contributed by atoms with Crippen molar-refractivity contribution >= 4 is 23.5 Å². The highest BCUT2D eigenvalue weighted by molar-refractivity contribution is 6.32. The third-order valence-electron chi connectivity index (χ3n) is 2.82. The minimum absolute atomic E-state index is 0.0260. The smallest absolute Gasteiger partial charge is 0.326 e.